The Morgan fingerprint density at radius 3 is 2.58 bits per heavy atom. The van der Waals surface area contributed by atoms with Crippen LogP contribution in [0, 0.1) is 0 Å². The van der Waals surface area contributed by atoms with Crippen molar-refractivity contribution in [2.75, 3.05) is 18.2 Å². The molecule has 0 atom stereocenters. The van der Waals surface area contributed by atoms with Crippen LogP contribution in [0.15, 0.2) is 30.3 Å². The molecule has 1 fully saturated rings. The molecule has 5 nitrogen and oxygen atoms in total. The second-order valence-corrected chi connectivity index (χ2v) is 4.64. The van der Waals surface area contributed by atoms with Gasteiger partial charge >= 0.3 is 0 Å². The quantitative estimate of drug-likeness (QED) is 0.878. The molecule has 0 radical (unpaired) electrons. The van der Waals surface area contributed by atoms with Crippen molar-refractivity contribution in [1.82, 2.24) is 9.97 Å². The van der Waals surface area contributed by atoms with E-state index in [1.165, 1.54) is 12.8 Å². The third kappa shape index (κ3) is 2.76. The largest absolute Gasteiger partial charge is 0.497 e. The van der Waals surface area contributed by atoms with Gasteiger partial charge in [-0.2, -0.15) is 4.98 Å². The fourth-order valence-electron chi connectivity index (χ4n) is 1.89. The van der Waals surface area contributed by atoms with Crippen molar-refractivity contribution >= 4 is 11.8 Å². The molecule has 0 bridgehead atoms. The Kier molecular flexibility index (Phi) is 2.95. The normalized spacial score (nSPS) is 14.2. The van der Waals surface area contributed by atoms with E-state index in [0.29, 0.717) is 6.04 Å². The molecule has 0 aliphatic heterocycles. The Balaban J connectivity index is 1.91. The Bertz CT molecular complexity index is 578. The van der Waals surface area contributed by atoms with Gasteiger partial charge in [-0.15, -0.1) is 0 Å². The summed E-state index contributed by atoms with van der Waals surface area (Å²) in [5.41, 5.74) is 7.57. The molecule has 3 rings (SSSR count). The second kappa shape index (κ2) is 4.76. The minimum absolute atomic E-state index is 0.288. The van der Waals surface area contributed by atoms with E-state index in [4.69, 9.17) is 10.5 Å². The summed E-state index contributed by atoms with van der Waals surface area (Å²) in [6.45, 7) is 0. The van der Waals surface area contributed by atoms with Gasteiger partial charge in [-0.05, 0) is 37.1 Å². The highest BCUT2D eigenvalue weighted by Gasteiger charge is 2.21. The number of hydrogen-bond acceptors (Lipinski definition) is 5. The van der Waals surface area contributed by atoms with Crippen molar-refractivity contribution < 1.29 is 4.74 Å². The van der Waals surface area contributed by atoms with E-state index in [0.717, 1.165) is 22.8 Å². The highest BCUT2D eigenvalue weighted by molar-refractivity contribution is 5.64. The van der Waals surface area contributed by atoms with Crippen LogP contribution in [0.5, 0.6) is 5.75 Å². The van der Waals surface area contributed by atoms with Crippen molar-refractivity contribution in [2.45, 2.75) is 18.9 Å². The lowest BCUT2D eigenvalue weighted by molar-refractivity contribution is 0.415. The third-order valence-corrected chi connectivity index (χ3v) is 3.06. The molecule has 1 saturated carbocycles. The van der Waals surface area contributed by atoms with Crippen molar-refractivity contribution in [2.24, 2.45) is 0 Å². The number of aromatic nitrogens is 2. The number of nitrogens with two attached hydrogens (primary N) is 1. The molecule has 3 N–H and O–H groups in total. The van der Waals surface area contributed by atoms with Crippen LogP contribution in [0.4, 0.5) is 11.8 Å². The Morgan fingerprint density at radius 2 is 1.95 bits per heavy atom. The first-order valence-electron chi connectivity index (χ1n) is 6.30. The van der Waals surface area contributed by atoms with Gasteiger partial charge in [0.15, 0.2) is 0 Å². The van der Waals surface area contributed by atoms with Gasteiger partial charge in [-0.1, -0.05) is 0 Å². The van der Waals surface area contributed by atoms with Crippen LogP contribution in [-0.2, 0) is 0 Å². The minimum atomic E-state index is 0.288. The molecule has 1 heterocycles. The average Bonchev–Trinajstić information content (AvgIpc) is 3.22. The maximum atomic E-state index is 5.76. The van der Waals surface area contributed by atoms with Crippen LogP contribution in [0.3, 0.4) is 0 Å². The zero-order valence-corrected chi connectivity index (χ0v) is 10.8. The molecule has 98 valence electrons. The van der Waals surface area contributed by atoms with Crippen molar-refractivity contribution in [1.29, 1.82) is 0 Å². The molecular formula is C14H16N4O. The van der Waals surface area contributed by atoms with E-state index in [9.17, 15) is 0 Å². The van der Waals surface area contributed by atoms with Gasteiger partial charge in [0.2, 0.25) is 5.95 Å². The fraction of sp³-hybridized carbons (Fsp3) is 0.286. The molecule has 1 aliphatic carbocycles. The van der Waals surface area contributed by atoms with Crippen molar-refractivity contribution in [3.63, 3.8) is 0 Å². The number of nitrogen functional groups attached to an aromatic ring is 1. The van der Waals surface area contributed by atoms with Gasteiger partial charge < -0.3 is 15.8 Å². The summed E-state index contributed by atoms with van der Waals surface area (Å²) in [7, 11) is 1.65. The first kappa shape index (κ1) is 11.8. The van der Waals surface area contributed by atoms with Gasteiger partial charge in [0, 0.05) is 17.7 Å². The molecule has 1 aromatic carbocycles. The predicted octanol–water partition coefficient (Wildman–Crippen LogP) is 2.31. The number of benzene rings is 1. The SMILES string of the molecule is COc1ccc(-c2cc(NC3CC3)nc(N)n2)cc1. The molecule has 5 heteroatoms. The van der Waals surface area contributed by atoms with Crippen molar-refractivity contribution in [3.8, 4) is 17.0 Å². The van der Waals surface area contributed by atoms with Crippen LogP contribution in [0.2, 0.25) is 0 Å². The number of hydrogen-bond donors (Lipinski definition) is 2. The maximum Gasteiger partial charge on any atom is 0.222 e. The number of nitrogens with zero attached hydrogens (tertiary/aromatic N) is 2. The van der Waals surface area contributed by atoms with Crippen LogP contribution >= 0.6 is 0 Å². The van der Waals surface area contributed by atoms with Crippen LogP contribution < -0.4 is 15.8 Å². The summed E-state index contributed by atoms with van der Waals surface area (Å²) in [5, 5.41) is 3.33. The van der Waals surface area contributed by atoms with Crippen LogP contribution in [0.1, 0.15) is 12.8 Å². The number of nitrogens with one attached hydrogen (secondary N) is 1. The first-order chi connectivity index (χ1) is 9.24. The standard InChI is InChI=1S/C14H16N4O/c1-19-11-6-2-9(3-7-11)12-8-13(16-10-4-5-10)18-14(15)17-12/h2-3,6-8,10H,4-5H2,1H3,(H3,15,16,17,18). The Labute approximate surface area is 111 Å². The summed E-state index contributed by atoms with van der Waals surface area (Å²) in [6, 6.07) is 10.2. The molecule has 1 aromatic heterocycles. The molecule has 0 saturated heterocycles. The summed E-state index contributed by atoms with van der Waals surface area (Å²) in [4.78, 5) is 8.48. The number of ether oxygens (including phenoxy) is 1. The topological polar surface area (TPSA) is 73.1 Å². The average molecular weight is 256 g/mol. The molecule has 0 spiro atoms. The van der Waals surface area contributed by atoms with Crippen molar-refractivity contribution in [3.05, 3.63) is 30.3 Å². The summed E-state index contributed by atoms with van der Waals surface area (Å²) in [6.07, 6.45) is 2.39. The zero-order chi connectivity index (χ0) is 13.2. The van der Waals surface area contributed by atoms with E-state index < -0.39 is 0 Å². The van der Waals surface area contributed by atoms with E-state index >= 15 is 0 Å². The monoisotopic (exact) mass is 256 g/mol. The molecular weight excluding hydrogens is 240 g/mol. The fourth-order valence-corrected chi connectivity index (χ4v) is 1.89. The molecule has 0 amide bonds. The van der Waals surface area contributed by atoms with E-state index in [1.54, 1.807) is 7.11 Å². The van der Waals surface area contributed by atoms with Gasteiger partial charge in [0.05, 0.1) is 12.8 Å². The Hall–Kier alpha value is -2.30. The highest BCUT2D eigenvalue weighted by Crippen LogP contribution is 2.27. The summed E-state index contributed by atoms with van der Waals surface area (Å²) < 4.78 is 5.14. The number of anilines is 2. The van der Waals surface area contributed by atoms with E-state index in [-0.39, 0.29) is 5.95 Å². The van der Waals surface area contributed by atoms with Gasteiger partial charge in [0.25, 0.3) is 0 Å². The van der Waals surface area contributed by atoms with Gasteiger partial charge in [0.1, 0.15) is 11.6 Å². The van der Waals surface area contributed by atoms with Crippen LogP contribution in [-0.4, -0.2) is 23.1 Å². The van der Waals surface area contributed by atoms with Gasteiger partial charge in [-0.25, -0.2) is 4.98 Å². The lowest BCUT2D eigenvalue weighted by Gasteiger charge is -2.08. The first-order valence-corrected chi connectivity index (χ1v) is 6.30. The lowest BCUT2D eigenvalue weighted by atomic mass is 10.1. The van der Waals surface area contributed by atoms with E-state index in [2.05, 4.69) is 15.3 Å². The smallest absolute Gasteiger partial charge is 0.222 e. The maximum absolute atomic E-state index is 5.76. The van der Waals surface area contributed by atoms with Crippen LogP contribution in [0.25, 0.3) is 11.3 Å². The lowest BCUT2D eigenvalue weighted by Crippen LogP contribution is -2.06. The molecule has 19 heavy (non-hydrogen) atoms. The van der Waals surface area contributed by atoms with Gasteiger partial charge in [-0.3, -0.25) is 0 Å². The van der Waals surface area contributed by atoms with E-state index in [1.807, 2.05) is 30.3 Å². The summed E-state index contributed by atoms with van der Waals surface area (Å²) >= 11 is 0. The molecule has 2 aromatic rings. The minimum Gasteiger partial charge on any atom is -0.497 e. The zero-order valence-electron chi connectivity index (χ0n) is 10.8. The summed E-state index contributed by atoms with van der Waals surface area (Å²) in [5.74, 6) is 1.90. The predicted molar refractivity (Wildman–Crippen MR) is 75.1 cm³/mol. The molecule has 0 unspecified atom stereocenters. The Morgan fingerprint density at radius 1 is 1.21 bits per heavy atom. The number of methoxy groups -OCH3 is 1. The molecule has 1 aliphatic rings. The second-order valence-electron chi connectivity index (χ2n) is 4.64. The third-order valence-electron chi connectivity index (χ3n) is 3.06. The highest BCUT2D eigenvalue weighted by atomic mass is 16.5. The number of rotatable bonds is 4.